The van der Waals surface area contributed by atoms with E-state index in [0.29, 0.717) is 37.1 Å². The molecule has 1 aromatic carbocycles. The third kappa shape index (κ3) is 6.32. The summed E-state index contributed by atoms with van der Waals surface area (Å²) in [6.45, 7) is 1.79. The van der Waals surface area contributed by atoms with Gasteiger partial charge in [0, 0.05) is 18.7 Å². The van der Waals surface area contributed by atoms with E-state index in [-0.39, 0.29) is 6.03 Å². The van der Waals surface area contributed by atoms with Gasteiger partial charge in [-0.1, -0.05) is 17.7 Å². The Morgan fingerprint density at radius 2 is 2.00 bits per heavy atom. The van der Waals surface area contributed by atoms with Crippen LogP contribution in [-0.4, -0.2) is 39.4 Å². The van der Waals surface area contributed by atoms with Crippen molar-refractivity contribution < 1.29 is 14.3 Å². The number of methoxy groups -OCH3 is 1. The van der Waals surface area contributed by atoms with Crippen LogP contribution in [-0.2, 0) is 4.74 Å². The molecule has 0 aliphatic rings. The van der Waals surface area contributed by atoms with E-state index in [9.17, 15) is 4.79 Å². The molecule has 0 radical (unpaired) electrons. The number of hydrogen-bond acceptors (Lipinski definition) is 3. The van der Waals surface area contributed by atoms with Crippen LogP contribution in [0.1, 0.15) is 0 Å². The van der Waals surface area contributed by atoms with E-state index in [1.165, 1.54) is 0 Å². The molecular formula is C12H17ClN2O3. The molecule has 0 heterocycles. The molecular weight excluding hydrogens is 256 g/mol. The molecule has 0 fully saturated rings. The first-order valence-corrected chi connectivity index (χ1v) is 5.99. The lowest BCUT2D eigenvalue weighted by Crippen LogP contribution is -2.39. The Balaban J connectivity index is 2.09. The van der Waals surface area contributed by atoms with E-state index in [0.717, 1.165) is 0 Å². The number of carbonyl (C=O) groups excluding carboxylic acids is 1. The van der Waals surface area contributed by atoms with E-state index in [4.69, 9.17) is 21.1 Å². The third-order valence-corrected chi connectivity index (χ3v) is 2.28. The quantitative estimate of drug-likeness (QED) is 0.742. The van der Waals surface area contributed by atoms with E-state index in [1.807, 2.05) is 12.1 Å². The van der Waals surface area contributed by atoms with Crippen LogP contribution in [0.25, 0.3) is 0 Å². The predicted octanol–water partition coefficient (Wildman–Crippen LogP) is 1.66. The van der Waals surface area contributed by atoms with Crippen molar-refractivity contribution >= 4 is 17.6 Å². The van der Waals surface area contributed by atoms with Crippen LogP contribution in [0.3, 0.4) is 0 Å². The molecule has 2 N–H and O–H groups in total. The van der Waals surface area contributed by atoms with E-state index in [2.05, 4.69) is 10.6 Å². The molecule has 0 bridgehead atoms. The van der Waals surface area contributed by atoms with Crippen molar-refractivity contribution in [3.05, 3.63) is 29.3 Å². The van der Waals surface area contributed by atoms with Crippen molar-refractivity contribution in [2.24, 2.45) is 0 Å². The standard InChI is InChI=1S/C12H17ClN2O3/c1-17-7-5-14-12(16)15-6-8-18-11-4-2-3-10(13)9-11/h2-4,9H,5-8H2,1H3,(H2,14,15,16). The van der Waals surface area contributed by atoms with Gasteiger partial charge in [0.2, 0.25) is 0 Å². The molecule has 0 spiro atoms. The second-order valence-electron chi connectivity index (χ2n) is 3.48. The predicted molar refractivity (Wildman–Crippen MR) is 70.2 cm³/mol. The van der Waals surface area contributed by atoms with Crippen molar-refractivity contribution in [3.8, 4) is 5.75 Å². The van der Waals surface area contributed by atoms with Crippen LogP contribution < -0.4 is 15.4 Å². The molecule has 0 aromatic heterocycles. The number of urea groups is 1. The Bertz CT molecular complexity index is 374. The zero-order valence-corrected chi connectivity index (χ0v) is 11.0. The number of rotatable bonds is 7. The van der Waals surface area contributed by atoms with Crippen molar-refractivity contribution in [1.82, 2.24) is 10.6 Å². The van der Waals surface area contributed by atoms with Gasteiger partial charge in [-0.25, -0.2) is 4.79 Å². The molecule has 1 aromatic rings. The molecule has 6 heteroatoms. The lowest BCUT2D eigenvalue weighted by Gasteiger charge is -2.08. The summed E-state index contributed by atoms with van der Waals surface area (Å²) in [6.07, 6.45) is 0. The first kappa shape index (κ1) is 14.6. The molecule has 0 saturated heterocycles. The molecule has 0 aliphatic carbocycles. The molecule has 1 rings (SSSR count). The Morgan fingerprint density at radius 1 is 1.28 bits per heavy atom. The summed E-state index contributed by atoms with van der Waals surface area (Å²) in [5.41, 5.74) is 0. The summed E-state index contributed by atoms with van der Waals surface area (Å²) in [5.74, 6) is 0.684. The molecule has 0 unspecified atom stereocenters. The van der Waals surface area contributed by atoms with Gasteiger partial charge in [-0.3, -0.25) is 0 Å². The van der Waals surface area contributed by atoms with Gasteiger partial charge in [-0.2, -0.15) is 0 Å². The Hall–Kier alpha value is -1.46. The molecule has 2 amide bonds. The number of hydrogen-bond donors (Lipinski definition) is 2. The van der Waals surface area contributed by atoms with Gasteiger partial charge in [0.25, 0.3) is 0 Å². The first-order valence-electron chi connectivity index (χ1n) is 5.61. The summed E-state index contributed by atoms with van der Waals surface area (Å²) in [4.78, 5) is 11.2. The van der Waals surface area contributed by atoms with Gasteiger partial charge in [0.1, 0.15) is 12.4 Å². The third-order valence-electron chi connectivity index (χ3n) is 2.04. The van der Waals surface area contributed by atoms with E-state index in [1.54, 1.807) is 19.2 Å². The lowest BCUT2D eigenvalue weighted by molar-refractivity contribution is 0.195. The molecule has 100 valence electrons. The average molecular weight is 273 g/mol. The van der Waals surface area contributed by atoms with Crippen LogP contribution >= 0.6 is 11.6 Å². The lowest BCUT2D eigenvalue weighted by atomic mass is 10.3. The van der Waals surface area contributed by atoms with Crippen molar-refractivity contribution in [3.63, 3.8) is 0 Å². The molecule has 0 saturated carbocycles. The van der Waals surface area contributed by atoms with Crippen LogP contribution in [0.2, 0.25) is 5.02 Å². The van der Waals surface area contributed by atoms with Crippen LogP contribution in [0, 0.1) is 0 Å². The number of ether oxygens (including phenoxy) is 2. The normalized spacial score (nSPS) is 9.89. The Morgan fingerprint density at radius 3 is 2.67 bits per heavy atom. The summed E-state index contributed by atoms with van der Waals surface area (Å²) >= 11 is 5.81. The van der Waals surface area contributed by atoms with Gasteiger partial charge in [-0.05, 0) is 18.2 Å². The molecule has 5 nitrogen and oxygen atoms in total. The van der Waals surface area contributed by atoms with E-state index < -0.39 is 0 Å². The van der Waals surface area contributed by atoms with Gasteiger partial charge >= 0.3 is 6.03 Å². The number of nitrogens with one attached hydrogen (secondary N) is 2. The average Bonchev–Trinajstić information content (AvgIpc) is 2.35. The second-order valence-corrected chi connectivity index (χ2v) is 3.92. The highest BCUT2D eigenvalue weighted by atomic mass is 35.5. The maximum atomic E-state index is 11.2. The number of amides is 2. The summed E-state index contributed by atoms with van der Waals surface area (Å²) in [5, 5.41) is 5.93. The highest BCUT2D eigenvalue weighted by Crippen LogP contribution is 2.16. The topological polar surface area (TPSA) is 59.6 Å². The van der Waals surface area contributed by atoms with Crippen LogP contribution in [0.5, 0.6) is 5.75 Å². The van der Waals surface area contributed by atoms with Crippen molar-refractivity contribution in [2.75, 3.05) is 33.4 Å². The number of benzene rings is 1. The van der Waals surface area contributed by atoms with Gasteiger partial charge < -0.3 is 20.1 Å². The smallest absolute Gasteiger partial charge is 0.314 e. The number of carbonyl (C=O) groups is 1. The van der Waals surface area contributed by atoms with Gasteiger partial charge in [-0.15, -0.1) is 0 Å². The zero-order chi connectivity index (χ0) is 13.2. The SMILES string of the molecule is COCCNC(=O)NCCOc1cccc(Cl)c1. The van der Waals surface area contributed by atoms with Crippen molar-refractivity contribution in [2.45, 2.75) is 0 Å². The minimum Gasteiger partial charge on any atom is -0.492 e. The summed E-state index contributed by atoms with van der Waals surface area (Å²) in [7, 11) is 1.58. The van der Waals surface area contributed by atoms with Crippen LogP contribution in [0.4, 0.5) is 4.79 Å². The maximum Gasteiger partial charge on any atom is 0.314 e. The fourth-order valence-corrected chi connectivity index (χ4v) is 1.40. The number of halogens is 1. The second kappa shape index (κ2) is 8.60. The molecule has 0 atom stereocenters. The monoisotopic (exact) mass is 272 g/mol. The van der Waals surface area contributed by atoms with Crippen LogP contribution in [0.15, 0.2) is 24.3 Å². The largest absolute Gasteiger partial charge is 0.492 e. The fraction of sp³-hybridized carbons (Fsp3) is 0.417. The fourth-order valence-electron chi connectivity index (χ4n) is 1.22. The minimum absolute atomic E-state index is 0.234. The molecule has 0 aliphatic heterocycles. The first-order chi connectivity index (χ1) is 8.72. The minimum atomic E-state index is -0.234. The van der Waals surface area contributed by atoms with Crippen molar-refractivity contribution in [1.29, 1.82) is 0 Å². The van der Waals surface area contributed by atoms with Gasteiger partial charge in [0.15, 0.2) is 0 Å². The maximum absolute atomic E-state index is 11.2. The zero-order valence-electron chi connectivity index (χ0n) is 10.2. The highest BCUT2D eigenvalue weighted by Gasteiger charge is 1.99. The van der Waals surface area contributed by atoms with Gasteiger partial charge in [0.05, 0.1) is 13.2 Å². The Labute approximate surface area is 111 Å². The highest BCUT2D eigenvalue weighted by molar-refractivity contribution is 6.30. The summed E-state index contributed by atoms with van der Waals surface area (Å²) in [6, 6.07) is 6.88. The Kier molecular flexibility index (Phi) is 6.98. The summed E-state index contributed by atoms with van der Waals surface area (Å²) < 4.78 is 10.2. The molecule has 18 heavy (non-hydrogen) atoms. The van der Waals surface area contributed by atoms with E-state index >= 15 is 0 Å².